The number of ketones is 1. The van der Waals surface area contributed by atoms with Crippen LogP contribution in [0.25, 0.3) is 0 Å². The zero-order chi connectivity index (χ0) is 62.6. The zero-order valence-electron chi connectivity index (χ0n) is 60.2. The van der Waals surface area contributed by atoms with Gasteiger partial charge in [0.05, 0.1) is 6.10 Å². The van der Waals surface area contributed by atoms with Crippen molar-refractivity contribution in [3.05, 3.63) is 29.3 Å². The predicted molar refractivity (Wildman–Crippen MR) is 367 cm³/mol. The molecule has 0 saturated carbocycles. The number of hydrogen-bond donors (Lipinski definition) is 2. The molecular weight excluding hydrogens is 961 g/mol. The number of carbonyl (C=O) groups is 1. The molecule has 0 fully saturated rings. The number of unbranched alkanes of at least 4 members (excludes halogenated alkanes) is 4. The Bertz CT molecular complexity index is 1260. The van der Waals surface area contributed by atoms with Crippen LogP contribution in [-0.4, -0.2) is 24.5 Å². The smallest absolute Gasteiger partial charge is 0.133 e. The molecule has 0 aliphatic heterocycles. The van der Waals surface area contributed by atoms with Crippen molar-refractivity contribution in [3.63, 3.8) is 0 Å². The topological polar surface area (TPSA) is 78.3 Å². The van der Waals surface area contributed by atoms with E-state index in [4.69, 9.17) is 16.2 Å². The lowest BCUT2D eigenvalue weighted by Crippen LogP contribution is -2.23. The Hall–Kier alpha value is -1.39. The summed E-state index contributed by atoms with van der Waals surface area (Å²) in [6.45, 7) is 65.9. The van der Waals surface area contributed by atoms with E-state index in [0.717, 1.165) is 116 Å². The number of rotatable bonds is 35. The number of ether oxygens (including phenoxy) is 1. The molecule has 0 saturated heterocycles. The lowest BCUT2D eigenvalue weighted by atomic mass is 9.96. The summed E-state index contributed by atoms with van der Waals surface area (Å²) in [4.78, 5) is 11.2. The third-order valence-electron chi connectivity index (χ3n) is 13.3. The largest absolute Gasteiger partial charge is 0.399 e. The van der Waals surface area contributed by atoms with E-state index in [1.807, 2.05) is 0 Å². The maximum atomic E-state index is 11.2. The second-order valence-electron chi connectivity index (χ2n) is 30.2. The van der Waals surface area contributed by atoms with Gasteiger partial charge in [0.25, 0.3) is 0 Å². The van der Waals surface area contributed by atoms with Gasteiger partial charge in [-0.3, -0.25) is 4.79 Å². The molecule has 1 aromatic rings. The molecule has 1 aromatic carbocycles. The molecule has 0 bridgehead atoms. The highest BCUT2D eigenvalue weighted by Gasteiger charge is 2.14. The van der Waals surface area contributed by atoms with Crippen LogP contribution in [0, 0.1) is 82.9 Å². The molecule has 4 N–H and O–H groups in total. The van der Waals surface area contributed by atoms with E-state index in [0.29, 0.717) is 41.6 Å². The molecule has 1 rings (SSSR count). The van der Waals surface area contributed by atoms with Crippen molar-refractivity contribution in [3.8, 4) is 0 Å². The van der Waals surface area contributed by atoms with Crippen LogP contribution < -0.4 is 11.5 Å². The summed E-state index contributed by atoms with van der Waals surface area (Å²) in [6.07, 6.45) is 28.5. The lowest BCUT2D eigenvalue weighted by molar-refractivity contribution is -0.119. The van der Waals surface area contributed by atoms with E-state index in [-0.39, 0.29) is 0 Å². The van der Waals surface area contributed by atoms with Crippen LogP contribution in [0.5, 0.6) is 0 Å². The highest BCUT2D eigenvalue weighted by molar-refractivity contribution is 5.78. The van der Waals surface area contributed by atoms with E-state index in [1.165, 1.54) is 107 Å². The maximum Gasteiger partial charge on any atom is 0.133 e. The predicted octanol–water partition coefficient (Wildman–Crippen LogP) is 24.6. The number of benzene rings is 1. The van der Waals surface area contributed by atoms with Crippen molar-refractivity contribution in [2.75, 3.05) is 12.3 Å². The Balaban J connectivity index is -0.000000198. The molecule has 0 aromatic heterocycles. The third kappa shape index (κ3) is 88.0. The van der Waals surface area contributed by atoms with Gasteiger partial charge in [0.1, 0.15) is 5.78 Å². The van der Waals surface area contributed by atoms with Crippen molar-refractivity contribution in [1.29, 1.82) is 0 Å². The van der Waals surface area contributed by atoms with Gasteiger partial charge in [0, 0.05) is 31.2 Å². The first-order chi connectivity index (χ1) is 36.5. The van der Waals surface area contributed by atoms with Crippen LogP contribution in [0.2, 0.25) is 0 Å². The van der Waals surface area contributed by atoms with Gasteiger partial charge in [-0.1, -0.05) is 290 Å². The van der Waals surface area contributed by atoms with Crippen LogP contribution >= 0.6 is 0 Å². The van der Waals surface area contributed by atoms with Crippen molar-refractivity contribution < 1.29 is 9.53 Å². The van der Waals surface area contributed by atoms with Gasteiger partial charge in [-0.15, -0.1) is 0 Å². The first-order valence-corrected chi connectivity index (χ1v) is 34.2. The van der Waals surface area contributed by atoms with Crippen LogP contribution in [0.1, 0.15) is 340 Å². The fourth-order valence-corrected chi connectivity index (χ4v) is 9.25. The molecule has 0 radical (unpaired) electrons. The fourth-order valence-electron chi connectivity index (χ4n) is 9.25. The Morgan fingerprint density at radius 2 is 0.684 bits per heavy atom. The van der Waals surface area contributed by atoms with Crippen LogP contribution in [-0.2, 0) is 22.4 Å². The van der Waals surface area contributed by atoms with Crippen molar-refractivity contribution in [2.45, 2.75) is 354 Å². The van der Waals surface area contributed by atoms with Gasteiger partial charge < -0.3 is 16.2 Å². The van der Waals surface area contributed by atoms with Crippen LogP contribution in [0.3, 0.4) is 0 Å². The number of nitrogen functional groups attached to an aromatic ring is 1. The fraction of sp³-hybridized carbons (Fsp3) is 0.907. The zero-order valence-corrected chi connectivity index (χ0v) is 60.2. The first-order valence-electron chi connectivity index (χ1n) is 34.2. The maximum absolute atomic E-state index is 11.2. The monoisotopic (exact) mass is 1120 g/mol. The normalized spacial score (nSPS) is 11.9. The van der Waals surface area contributed by atoms with Crippen molar-refractivity contribution in [2.24, 2.45) is 88.6 Å². The number of Topliss-reactive ketones (excluding diaryl/α,β-unsaturated/α-hetero) is 1. The molecule has 1 atom stereocenters. The summed E-state index contributed by atoms with van der Waals surface area (Å²) in [5.41, 5.74) is 15.4. The second-order valence-corrected chi connectivity index (χ2v) is 30.2. The van der Waals surface area contributed by atoms with Gasteiger partial charge in [-0.2, -0.15) is 0 Å². The highest BCUT2D eigenvalue weighted by Crippen LogP contribution is 2.20. The Labute approximate surface area is 503 Å². The summed E-state index contributed by atoms with van der Waals surface area (Å²) < 4.78 is 5.61. The lowest BCUT2D eigenvalue weighted by Gasteiger charge is -2.22. The Morgan fingerprint density at radius 3 is 0.937 bits per heavy atom. The number of nitrogens with two attached hydrogens (primary N) is 2. The molecule has 478 valence electrons. The molecule has 1 unspecified atom stereocenters. The summed E-state index contributed by atoms with van der Waals surface area (Å²) in [5, 5.41) is 0. The minimum absolute atomic E-state index is 0.417. The average molecular weight is 1120 g/mol. The molecule has 0 aliphatic carbocycles. The van der Waals surface area contributed by atoms with Crippen LogP contribution in [0.4, 0.5) is 5.69 Å². The van der Waals surface area contributed by atoms with E-state index < -0.39 is 0 Å². The summed E-state index contributed by atoms with van der Waals surface area (Å²) in [5.74, 6) is 11.3. The van der Waals surface area contributed by atoms with Gasteiger partial charge in [0.2, 0.25) is 0 Å². The Morgan fingerprint density at radius 1 is 0.380 bits per heavy atom. The molecule has 4 nitrogen and oxygen atoms in total. The number of anilines is 1. The quantitative estimate of drug-likeness (QED) is 0.0524. The Kier molecular flexibility index (Phi) is 67.2. The highest BCUT2D eigenvalue weighted by atomic mass is 16.5. The second kappa shape index (κ2) is 59.8. The molecule has 4 heteroatoms. The van der Waals surface area contributed by atoms with Crippen molar-refractivity contribution in [1.82, 2.24) is 0 Å². The summed E-state index contributed by atoms with van der Waals surface area (Å²) in [7, 11) is 0. The number of carbonyl (C=O) groups excluding carboxylic acids is 1. The van der Waals surface area contributed by atoms with E-state index in [2.05, 4.69) is 219 Å². The molecule has 0 amide bonds. The molecule has 0 aliphatic rings. The van der Waals surface area contributed by atoms with E-state index in [1.54, 1.807) is 0 Å². The first kappa shape index (κ1) is 88.8. The van der Waals surface area contributed by atoms with Gasteiger partial charge in [0.15, 0.2) is 0 Å². The minimum atomic E-state index is 0.417. The SMILES string of the molecule is CC(C)CC(N)CC(C)C.CC(C)CCCC(=O)CC(C)C.CC(C)CCCC(C)C.CC(C)CCCCCC(C)C.CC(C)CCCCCC(C)C.CC(C)Cc1cc(N)cc(CC(C)C)c1.CCOC(CC(C)C)C(C)C. The number of hydrogen-bond acceptors (Lipinski definition) is 4. The molecule has 0 spiro atoms. The molecular formula is C75H156N2O2. The van der Waals surface area contributed by atoms with Crippen LogP contribution in [0.15, 0.2) is 18.2 Å². The molecule has 0 heterocycles. The van der Waals surface area contributed by atoms with E-state index in [9.17, 15) is 4.79 Å². The third-order valence-corrected chi connectivity index (χ3v) is 13.3. The van der Waals surface area contributed by atoms with Gasteiger partial charge >= 0.3 is 0 Å². The van der Waals surface area contributed by atoms with Gasteiger partial charge in [-0.25, -0.2) is 0 Å². The van der Waals surface area contributed by atoms with E-state index >= 15 is 0 Å². The molecule has 79 heavy (non-hydrogen) atoms. The summed E-state index contributed by atoms with van der Waals surface area (Å²) in [6, 6.07) is 6.92. The minimum Gasteiger partial charge on any atom is -0.399 e. The average Bonchev–Trinajstić information content (AvgIpc) is 3.25. The summed E-state index contributed by atoms with van der Waals surface area (Å²) >= 11 is 0. The standard InChI is InChI=1S/C14H23N.C11H22O.2C11H24.C10H22O.C9H21N.C9H20/c1-10(2)5-12-7-13(6-11(3)4)9-14(15)8-12;1-9(2)6-5-7-11(12)8-10(3)4;2*1-10(2)8-6-5-7-9-11(3)4;1-6-11-10(9(4)5)7-8(2)3;1-7(2)5-9(10)6-8(3)4;1-8(2)6-5-7-9(3)4/h7-11H,5-6,15H2,1-4H3;9-10H,5-8H2,1-4H3;2*10-11H,5-9H2,1-4H3;8-10H,6-7H2,1-5H3;7-9H,5-6,10H2,1-4H3;8-9H,5-7H2,1-4H3. The van der Waals surface area contributed by atoms with Gasteiger partial charge in [-0.05, 0) is 152 Å². The van der Waals surface area contributed by atoms with Crippen molar-refractivity contribution >= 4 is 11.5 Å².